The van der Waals surface area contributed by atoms with Crippen LogP contribution >= 0.6 is 0 Å². The lowest BCUT2D eigenvalue weighted by molar-refractivity contribution is 0.407. The Morgan fingerprint density at radius 1 is 1.17 bits per heavy atom. The fourth-order valence-corrected chi connectivity index (χ4v) is 2.18. The molecule has 0 aliphatic heterocycles. The third-order valence-corrected chi connectivity index (χ3v) is 3.38. The summed E-state index contributed by atoms with van der Waals surface area (Å²) in [7, 11) is 1.68. The van der Waals surface area contributed by atoms with E-state index in [4.69, 9.17) is 15.0 Å². The highest BCUT2D eigenvalue weighted by Gasteiger charge is 2.18. The van der Waals surface area contributed by atoms with Crippen LogP contribution in [0.3, 0.4) is 0 Å². The van der Waals surface area contributed by atoms with Gasteiger partial charge in [-0.1, -0.05) is 5.16 Å². The third kappa shape index (κ3) is 1.74. The van der Waals surface area contributed by atoms with Gasteiger partial charge in [-0.05, 0) is 50.5 Å². The zero-order valence-electron chi connectivity index (χ0n) is 11.4. The topological polar surface area (TPSA) is 61.3 Å². The highest BCUT2D eigenvalue weighted by molar-refractivity contribution is 5.77. The zero-order chi connectivity index (χ0) is 13.4. The maximum absolute atomic E-state index is 5.99. The van der Waals surface area contributed by atoms with Crippen LogP contribution in [-0.2, 0) is 0 Å². The number of ether oxygens (including phenoxy) is 1. The highest BCUT2D eigenvalue weighted by Crippen LogP contribution is 2.37. The van der Waals surface area contributed by atoms with Crippen LogP contribution < -0.4 is 10.5 Å². The average molecular weight is 246 g/mol. The lowest BCUT2D eigenvalue weighted by Crippen LogP contribution is -1.97. The summed E-state index contributed by atoms with van der Waals surface area (Å²) in [6.45, 7) is 7.91. The minimum atomic E-state index is 0.599. The number of hydrogen-bond donors (Lipinski definition) is 1. The minimum absolute atomic E-state index is 0.599. The van der Waals surface area contributed by atoms with Crippen LogP contribution in [0.2, 0.25) is 0 Å². The molecule has 0 fully saturated rings. The van der Waals surface area contributed by atoms with Gasteiger partial charge in [-0.3, -0.25) is 0 Å². The summed E-state index contributed by atoms with van der Waals surface area (Å²) in [5, 5.41) is 3.90. The molecule has 0 atom stereocenters. The number of anilines is 1. The van der Waals surface area contributed by atoms with E-state index < -0.39 is 0 Å². The van der Waals surface area contributed by atoms with E-state index in [1.165, 1.54) is 0 Å². The van der Waals surface area contributed by atoms with Crippen molar-refractivity contribution in [2.24, 2.45) is 0 Å². The number of hydrogen-bond acceptors (Lipinski definition) is 4. The number of methoxy groups -OCH3 is 1. The summed E-state index contributed by atoms with van der Waals surface area (Å²) in [5.74, 6) is 1.55. The number of nitrogens with two attached hydrogens (primary N) is 1. The van der Waals surface area contributed by atoms with E-state index in [-0.39, 0.29) is 0 Å². The average Bonchev–Trinajstić information content (AvgIpc) is 2.66. The minimum Gasteiger partial charge on any atom is -0.496 e. The summed E-state index contributed by atoms with van der Waals surface area (Å²) in [5.41, 5.74) is 11.5. The molecule has 18 heavy (non-hydrogen) atoms. The van der Waals surface area contributed by atoms with Crippen molar-refractivity contribution >= 4 is 5.69 Å². The molecule has 0 bridgehead atoms. The van der Waals surface area contributed by atoms with Gasteiger partial charge in [-0.15, -0.1) is 0 Å². The molecule has 2 aromatic rings. The van der Waals surface area contributed by atoms with Crippen LogP contribution in [0.4, 0.5) is 5.69 Å². The van der Waals surface area contributed by atoms with Crippen LogP contribution in [0.25, 0.3) is 11.3 Å². The quantitative estimate of drug-likeness (QED) is 0.884. The van der Waals surface area contributed by atoms with Crippen LogP contribution in [0.15, 0.2) is 10.6 Å². The molecular weight excluding hydrogens is 228 g/mol. The molecule has 4 heteroatoms. The summed E-state index contributed by atoms with van der Waals surface area (Å²) in [4.78, 5) is 0. The molecule has 0 saturated heterocycles. The smallest absolute Gasteiger partial charge is 0.190 e. The van der Waals surface area contributed by atoms with Crippen LogP contribution in [-0.4, -0.2) is 12.3 Å². The second-order valence-electron chi connectivity index (χ2n) is 4.54. The van der Waals surface area contributed by atoms with Crippen molar-refractivity contribution in [3.8, 4) is 17.1 Å². The highest BCUT2D eigenvalue weighted by atomic mass is 16.5. The molecule has 0 saturated carbocycles. The number of nitrogen functional groups attached to an aromatic ring is 1. The maximum Gasteiger partial charge on any atom is 0.190 e. The Labute approximate surface area is 107 Å². The Hall–Kier alpha value is -1.97. The molecule has 0 amide bonds. The van der Waals surface area contributed by atoms with Crippen LogP contribution in [0.5, 0.6) is 5.75 Å². The van der Waals surface area contributed by atoms with E-state index in [0.717, 1.165) is 33.7 Å². The van der Waals surface area contributed by atoms with Crippen molar-refractivity contribution in [2.45, 2.75) is 27.7 Å². The molecule has 4 nitrogen and oxygen atoms in total. The molecule has 96 valence electrons. The first kappa shape index (κ1) is 12.5. The Bertz CT molecular complexity index is 600. The normalized spacial score (nSPS) is 10.7. The monoisotopic (exact) mass is 246 g/mol. The molecule has 0 radical (unpaired) electrons. The standard InChI is InChI=1S/C14H18N2O2/c1-7-6-11(8(2)9(3)13(7)17-5)14-12(15)10(4)16-18-14/h6H,15H2,1-5H3. The molecule has 2 rings (SSSR count). The predicted molar refractivity (Wildman–Crippen MR) is 71.9 cm³/mol. The number of benzene rings is 1. The molecule has 0 aliphatic rings. The van der Waals surface area contributed by atoms with E-state index in [0.29, 0.717) is 11.4 Å². The van der Waals surface area contributed by atoms with E-state index in [9.17, 15) is 0 Å². The van der Waals surface area contributed by atoms with Crippen molar-refractivity contribution in [1.29, 1.82) is 0 Å². The summed E-state index contributed by atoms with van der Waals surface area (Å²) in [6, 6.07) is 2.03. The molecule has 1 heterocycles. The van der Waals surface area contributed by atoms with Crippen molar-refractivity contribution in [1.82, 2.24) is 5.16 Å². The lowest BCUT2D eigenvalue weighted by atomic mass is 9.96. The largest absolute Gasteiger partial charge is 0.496 e. The molecule has 0 spiro atoms. The van der Waals surface area contributed by atoms with E-state index in [1.54, 1.807) is 7.11 Å². The Balaban J connectivity index is 2.70. The molecule has 0 aliphatic carbocycles. The Kier molecular flexibility index (Phi) is 3.03. The van der Waals surface area contributed by atoms with Crippen LogP contribution in [0.1, 0.15) is 22.4 Å². The SMILES string of the molecule is COc1c(C)cc(-c2onc(C)c2N)c(C)c1C. The molecule has 0 unspecified atom stereocenters. The first-order valence-corrected chi connectivity index (χ1v) is 5.84. The fraction of sp³-hybridized carbons (Fsp3) is 0.357. The van der Waals surface area contributed by atoms with Gasteiger partial charge < -0.3 is 15.0 Å². The first-order valence-electron chi connectivity index (χ1n) is 5.84. The summed E-state index contributed by atoms with van der Waals surface area (Å²) in [6.07, 6.45) is 0. The van der Waals surface area contributed by atoms with Crippen LogP contribution in [0, 0.1) is 27.7 Å². The lowest BCUT2D eigenvalue weighted by Gasteiger charge is -2.14. The Morgan fingerprint density at radius 2 is 1.83 bits per heavy atom. The van der Waals surface area contributed by atoms with Gasteiger partial charge in [0.25, 0.3) is 0 Å². The van der Waals surface area contributed by atoms with Gasteiger partial charge in [0.15, 0.2) is 5.76 Å². The fourth-order valence-electron chi connectivity index (χ4n) is 2.18. The predicted octanol–water partition coefficient (Wildman–Crippen LogP) is 3.17. The second kappa shape index (κ2) is 4.37. The van der Waals surface area contributed by atoms with E-state index in [2.05, 4.69) is 5.16 Å². The number of nitrogens with zero attached hydrogens (tertiary/aromatic N) is 1. The summed E-state index contributed by atoms with van der Waals surface area (Å²) < 4.78 is 10.7. The van der Waals surface area contributed by atoms with E-state index in [1.807, 2.05) is 33.8 Å². The van der Waals surface area contributed by atoms with Gasteiger partial charge in [0, 0.05) is 5.56 Å². The summed E-state index contributed by atoms with van der Waals surface area (Å²) >= 11 is 0. The molecule has 1 aromatic carbocycles. The van der Waals surface area contributed by atoms with Crippen molar-refractivity contribution in [3.05, 3.63) is 28.5 Å². The zero-order valence-corrected chi connectivity index (χ0v) is 11.4. The Morgan fingerprint density at radius 3 is 2.33 bits per heavy atom. The van der Waals surface area contributed by atoms with Crippen molar-refractivity contribution in [2.75, 3.05) is 12.8 Å². The van der Waals surface area contributed by atoms with Gasteiger partial charge >= 0.3 is 0 Å². The van der Waals surface area contributed by atoms with E-state index >= 15 is 0 Å². The number of rotatable bonds is 2. The van der Waals surface area contributed by atoms with Gasteiger partial charge in [0.1, 0.15) is 17.1 Å². The molecule has 1 aromatic heterocycles. The second-order valence-corrected chi connectivity index (χ2v) is 4.54. The number of aromatic nitrogens is 1. The molecule has 2 N–H and O–H groups in total. The third-order valence-electron chi connectivity index (χ3n) is 3.38. The van der Waals surface area contributed by atoms with Gasteiger partial charge in [-0.2, -0.15) is 0 Å². The molecular formula is C14H18N2O2. The number of aryl methyl sites for hydroxylation is 2. The van der Waals surface area contributed by atoms with Crippen molar-refractivity contribution < 1.29 is 9.26 Å². The van der Waals surface area contributed by atoms with Gasteiger partial charge in [0.05, 0.1) is 7.11 Å². The van der Waals surface area contributed by atoms with Gasteiger partial charge in [-0.25, -0.2) is 0 Å². The van der Waals surface area contributed by atoms with Gasteiger partial charge in [0.2, 0.25) is 0 Å². The maximum atomic E-state index is 5.99. The van der Waals surface area contributed by atoms with Crippen molar-refractivity contribution in [3.63, 3.8) is 0 Å². The first-order chi connectivity index (χ1) is 8.47.